The van der Waals surface area contributed by atoms with Gasteiger partial charge in [-0.1, -0.05) is 0 Å². The van der Waals surface area contributed by atoms with Crippen LogP contribution in [-0.2, 0) is 9.47 Å². The predicted octanol–water partition coefficient (Wildman–Crippen LogP) is 1.67. The summed E-state index contributed by atoms with van der Waals surface area (Å²) in [4.78, 5) is 18.4. The number of nitrogens with zero attached hydrogens (tertiary/aromatic N) is 2. The third-order valence-electron chi connectivity index (χ3n) is 3.32. The van der Waals surface area contributed by atoms with Gasteiger partial charge in [0.1, 0.15) is 11.3 Å². The molecule has 7 nitrogen and oxygen atoms in total. The van der Waals surface area contributed by atoms with Gasteiger partial charge in [-0.25, -0.2) is 4.79 Å². The first-order valence-electron chi connectivity index (χ1n) is 7.72. The summed E-state index contributed by atoms with van der Waals surface area (Å²) >= 11 is 0. The normalized spacial score (nSPS) is 25.2. The molecule has 1 rings (SSSR count). The van der Waals surface area contributed by atoms with Crippen LogP contribution in [0.1, 0.15) is 48.5 Å². The van der Waals surface area contributed by atoms with Crippen molar-refractivity contribution in [3.8, 4) is 0 Å². The largest absolute Gasteiger partial charge is 0.444 e. The monoisotopic (exact) mass is 314 g/mol. The zero-order valence-corrected chi connectivity index (χ0v) is 14.8. The molecule has 0 bridgehead atoms. The third-order valence-corrected chi connectivity index (χ3v) is 3.32. The van der Waals surface area contributed by atoms with E-state index in [-0.39, 0.29) is 12.1 Å². The van der Waals surface area contributed by atoms with Crippen molar-refractivity contribution in [3.63, 3.8) is 0 Å². The number of nitrogens with one attached hydrogen (secondary N) is 1. The topological polar surface area (TPSA) is 89.2 Å². The Bertz CT molecular complexity index is 429. The smallest absolute Gasteiger partial charge is 0.412 e. The van der Waals surface area contributed by atoms with Crippen molar-refractivity contribution < 1.29 is 14.3 Å². The van der Waals surface area contributed by atoms with Crippen LogP contribution in [0.15, 0.2) is 4.99 Å². The molecule has 1 saturated heterocycles. The number of ether oxygens (including phenoxy) is 2. The van der Waals surface area contributed by atoms with Gasteiger partial charge in [-0.05, 0) is 48.5 Å². The first-order valence-corrected chi connectivity index (χ1v) is 7.72. The Morgan fingerprint density at radius 2 is 2.05 bits per heavy atom. The van der Waals surface area contributed by atoms with Crippen LogP contribution in [-0.4, -0.2) is 53.5 Å². The van der Waals surface area contributed by atoms with E-state index in [1.807, 2.05) is 48.5 Å². The standard InChI is InChI=1S/C15H30N4O3/c1-8-17-12(16)18-9-11-10(2)21-15(6,7)19(11)13(20)22-14(3,4)5/h10-11H,8-9H2,1-7H3,(H3,16,17,18). The molecule has 2 atom stereocenters. The van der Waals surface area contributed by atoms with Gasteiger partial charge in [0.2, 0.25) is 0 Å². The number of hydrogen-bond donors (Lipinski definition) is 2. The molecule has 22 heavy (non-hydrogen) atoms. The van der Waals surface area contributed by atoms with Crippen LogP contribution in [0.3, 0.4) is 0 Å². The van der Waals surface area contributed by atoms with E-state index in [0.717, 1.165) is 0 Å². The van der Waals surface area contributed by atoms with E-state index < -0.39 is 17.4 Å². The van der Waals surface area contributed by atoms with E-state index in [2.05, 4.69) is 10.3 Å². The molecule has 1 fully saturated rings. The molecule has 3 N–H and O–H groups in total. The second-order valence-electron chi connectivity index (χ2n) is 6.94. The lowest BCUT2D eigenvalue weighted by atomic mass is 10.1. The number of aliphatic imine (C=N–C) groups is 1. The fourth-order valence-corrected chi connectivity index (χ4v) is 2.52. The van der Waals surface area contributed by atoms with Crippen LogP contribution in [0.25, 0.3) is 0 Å². The average Bonchev–Trinajstić information content (AvgIpc) is 2.53. The number of carbonyl (C=O) groups excluding carboxylic acids is 1. The maximum Gasteiger partial charge on any atom is 0.412 e. The Balaban J connectivity index is 2.92. The number of hydrogen-bond acceptors (Lipinski definition) is 4. The molecular formula is C15H30N4O3. The first kappa shape index (κ1) is 18.5. The highest BCUT2D eigenvalue weighted by Crippen LogP contribution is 2.33. The molecule has 0 aromatic heterocycles. The second kappa shape index (κ2) is 6.73. The summed E-state index contributed by atoms with van der Waals surface area (Å²) in [6.45, 7) is 14.2. The minimum absolute atomic E-state index is 0.152. The number of rotatable bonds is 3. The molecule has 0 radical (unpaired) electrons. The van der Waals surface area contributed by atoms with Gasteiger partial charge in [-0.2, -0.15) is 0 Å². The highest BCUT2D eigenvalue weighted by Gasteiger charge is 2.49. The van der Waals surface area contributed by atoms with Crippen molar-refractivity contribution in [2.24, 2.45) is 10.7 Å². The molecule has 0 saturated carbocycles. The number of carbonyl (C=O) groups is 1. The van der Waals surface area contributed by atoms with Crippen molar-refractivity contribution in [2.75, 3.05) is 13.1 Å². The van der Waals surface area contributed by atoms with Crippen LogP contribution in [0.2, 0.25) is 0 Å². The highest BCUT2D eigenvalue weighted by atomic mass is 16.6. The van der Waals surface area contributed by atoms with Gasteiger partial charge in [0.15, 0.2) is 5.96 Å². The minimum Gasteiger partial charge on any atom is -0.444 e. The Morgan fingerprint density at radius 3 is 2.55 bits per heavy atom. The van der Waals surface area contributed by atoms with Gasteiger partial charge in [-0.3, -0.25) is 9.89 Å². The van der Waals surface area contributed by atoms with Gasteiger partial charge in [0, 0.05) is 6.54 Å². The molecule has 1 amide bonds. The quantitative estimate of drug-likeness (QED) is 0.611. The second-order valence-corrected chi connectivity index (χ2v) is 6.94. The zero-order chi connectivity index (χ0) is 17.1. The Kier molecular flexibility index (Phi) is 5.67. The van der Waals surface area contributed by atoms with E-state index in [4.69, 9.17) is 15.2 Å². The first-order chi connectivity index (χ1) is 9.98. The van der Waals surface area contributed by atoms with Crippen LogP contribution in [0.5, 0.6) is 0 Å². The Labute approximate surface area is 133 Å². The number of guanidine groups is 1. The maximum absolute atomic E-state index is 12.5. The lowest BCUT2D eigenvalue weighted by Crippen LogP contribution is -2.51. The molecule has 1 aliphatic heterocycles. The van der Waals surface area contributed by atoms with E-state index in [9.17, 15) is 4.79 Å². The van der Waals surface area contributed by atoms with Gasteiger partial charge in [-0.15, -0.1) is 0 Å². The van der Waals surface area contributed by atoms with Gasteiger partial charge in [0.25, 0.3) is 0 Å². The summed E-state index contributed by atoms with van der Waals surface area (Å²) < 4.78 is 11.4. The van der Waals surface area contributed by atoms with Crippen LogP contribution >= 0.6 is 0 Å². The van der Waals surface area contributed by atoms with E-state index in [1.54, 1.807) is 4.90 Å². The highest BCUT2D eigenvalue weighted by molar-refractivity contribution is 5.77. The average molecular weight is 314 g/mol. The Hall–Kier alpha value is -1.50. The van der Waals surface area contributed by atoms with E-state index in [0.29, 0.717) is 19.0 Å². The Morgan fingerprint density at radius 1 is 1.45 bits per heavy atom. The summed E-state index contributed by atoms with van der Waals surface area (Å²) in [7, 11) is 0. The molecule has 1 aliphatic rings. The van der Waals surface area contributed by atoms with Gasteiger partial charge >= 0.3 is 6.09 Å². The van der Waals surface area contributed by atoms with Crippen molar-refractivity contribution in [1.29, 1.82) is 0 Å². The summed E-state index contributed by atoms with van der Waals surface area (Å²) in [5, 5.41) is 2.94. The molecule has 0 spiro atoms. The SMILES string of the molecule is CCNC(N)=NCC1C(C)OC(C)(C)N1C(=O)OC(C)(C)C. The molecule has 0 aromatic carbocycles. The summed E-state index contributed by atoms with van der Waals surface area (Å²) in [6.07, 6.45) is -0.551. The van der Waals surface area contributed by atoms with Crippen molar-refractivity contribution >= 4 is 12.1 Å². The molecule has 128 valence electrons. The summed E-state index contributed by atoms with van der Waals surface area (Å²) in [5.74, 6) is 0.364. The van der Waals surface area contributed by atoms with Gasteiger partial charge < -0.3 is 20.5 Å². The van der Waals surface area contributed by atoms with E-state index >= 15 is 0 Å². The van der Waals surface area contributed by atoms with Crippen LogP contribution < -0.4 is 11.1 Å². The fraction of sp³-hybridized carbons (Fsp3) is 0.867. The lowest BCUT2D eigenvalue weighted by molar-refractivity contribution is -0.0755. The molecule has 0 aliphatic carbocycles. The molecule has 7 heteroatoms. The predicted molar refractivity (Wildman–Crippen MR) is 86.7 cm³/mol. The van der Waals surface area contributed by atoms with Crippen LogP contribution in [0.4, 0.5) is 4.79 Å². The van der Waals surface area contributed by atoms with Crippen molar-refractivity contribution in [3.05, 3.63) is 0 Å². The third kappa shape index (κ3) is 4.76. The zero-order valence-electron chi connectivity index (χ0n) is 14.8. The van der Waals surface area contributed by atoms with Crippen molar-refractivity contribution in [1.82, 2.24) is 10.2 Å². The maximum atomic E-state index is 12.5. The number of nitrogens with two attached hydrogens (primary N) is 1. The fourth-order valence-electron chi connectivity index (χ4n) is 2.52. The lowest BCUT2D eigenvalue weighted by Gasteiger charge is -2.34. The van der Waals surface area contributed by atoms with E-state index in [1.165, 1.54) is 0 Å². The summed E-state index contributed by atoms with van der Waals surface area (Å²) in [6, 6.07) is -0.220. The molecule has 0 aromatic rings. The van der Waals surface area contributed by atoms with Crippen LogP contribution in [0, 0.1) is 0 Å². The van der Waals surface area contributed by atoms with Crippen molar-refractivity contribution in [2.45, 2.75) is 71.9 Å². The molecule has 2 unspecified atom stereocenters. The minimum atomic E-state index is -0.741. The summed E-state index contributed by atoms with van der Waals surface area (Å²) in [5.41, 5.74) is 4.46. The number of amides is 1. The molecular weight excluding hydrogens is 284 g/mol. The molecule has 1 heterocycles. The van der Waals surface area contributed by atoms with Gasteiger partial charge in [0.05, 0.1) is 18.7 Å².